The molecule has 0 aromatic heterocycles. The summed E-state index contributed by atoms with van der Waals surface area (Å²) in [6, 6.07) is 0. The predicted molar refractivity (Wildman–Crippen MR) is 42.3 cm³/mol. The average molecular weight is 134 g/mol. The molecule has 1 fully saturated rings. The summed E-state index contributed by atoms with van der Waals surface area (Å²) >= 11 is 0. The Morgan fingerprint density at radius 2 is 2.00 bits per heavy atom. The third-order valence-electron chi connectivity index (χ3n) is 3.14. The Hall–Kier alpha value is -0.440. The van der Waals surface area contributed by atoms with Crippen LogP contribution in [0.3, 0.4) is 0 Å². The van der Waals surface area contributed by atoms with Crippen LogP contribution in [0.25, 0.3) is 0 Å². The van der Waals surface area contributed by atoms with E-state index in [0.29, 0.717) is 11.3 Å². The molecule has 10 heavy (non-hydrogen) atoms. The second-order valence-corrected chi connectivity index (χ2v) is 4.33. The molecule has 0 aromatic carbocycles. The molecule has 0 radical (unpaired) electrons. The summed E-state index contributed by atoms with van der Waals surface area (Å²) in [5, 5.41) is 0. The Labute approximate surface area is 63.0 Å². The number of hydrogen-bond donors (Lipinski definition) is 0. The Morgan fingerprint density at radius 3 is 2.50 bits per heavy atom. The van der Waals surface area contributed by atoms with Crippen molar-refractivity contribution in [3.63, 3.8) is 0 Å². The molecule has 0 spiro atoms. The van der Waals surface area contributed by atoms with Gasteiger partial charge in [-0.25, -0.2) is 0 Å². The molecule has 0 heteroatoms. The first kappa shape index (κ1) is 6.28. The molecule has 0 heterocycles. The lowest BCUT2D eigenvalue weighted by atomic mass is 9.99. The first-order chi connectivity index (χ1) is 4.62. The highest BCUT2D eigenvalue weighted by atomic mass is 14.6. The molecule has 0 N–H and O–H groups in total. The lowest BCUT2D eigenvalue weighted by Crippen LogP contribution is -1.98. The second kappa shape index (κ2) is 1.59. The minimum Gasteiger partial charge on any atom is -0.0999 e. The fourth-order valence-corrected chi connectivity index (χ4v) is 2.14. The van der Waals surface area contributed by atoms with E-state index in [9.17, 15) is 0 Å². The summed E-state index contributed by atoms with van der Waals surface area (Å²) in [4.78, 5) is 0. The zero-order chi connectivity index (χ0) is 7.35. The summed E-state index contributed by atoms with van der Waals surface area (Å²) in [6.45, 7) is 6.92. The molecule has 2 rings (SSSR count). The molecule has 2 aliphatic rings. The van der Waals surface area contributed by atoms with E-state index in [2.05, 4.69) is 32.6 Å². The molecule has 0 saturated heterocycles. The Kier molecular flexibility index (Phi) is 0.997. The van der Waals surface area contributed by atoms with E-state index in [0.717, 1.165) is 11.8 Å². The topological polar surface area (TPSA) is 0 Å². The first-order valence-corrected chi connectivity index (χ1v) is 4.13. The fourth-order valence-electron chi connectivity index (χ4n) is 2.14. The molecule has 1 saturated carbocycles. The van der Waals surface area contributed by atoms with Gasteiger partial charge in [0, 0.05) is 11.8 Å². The zero-order valence-corrected chi connectivity index (χ0v) is 6.94. The van der Waals surface area contributed by atoms with Crippen LogP contribution in [0.15, 0.2) is 0 Å². The van der Waals surface area contributed by atoms with Crippen LogP contribution in [-0.2, 0) is 0 Å². The second-order valence-electron chi connectivity index (χ2n) is 4.33. The maximum absolute atomic E-state index is 3.35. The highest BCUT2D eigenvalue weighted by Gasteiger charge is 2.57. The van der Waals surface area contributed by atoms with Gasteiger partial charge in [-0.05, 0) is 17.8 Å². The van der Waals surface area contributed by atoms with Gasteiger partial charge in [0.25, 0.3) is 0 Å². The van der Waals surface area contributed by atoms with Crippen LogP contribution in [0.4, 0.5) is 0 Å². The normalized spacial score (nSPS) is 46.9. The van der Waals surface area contributed by atoms with E-state index in [4.69, 9.17) is 0 Å². The van der Waals surface area contributed by atoms with Crippen molar-refractivity contribution >= 4 is 0 Å². The first-order valence-electron chi connectivity index (χ1n) is 4.13. The van der Waals surface area contributed by atoms with Gasteiger partial charge in [-0.3, -0.25) is 0 Å². The van der Waals surface area contributed by atoms with Gasteiger partial charge in [0.15, 0.2) is 0 Å². The largest absolute Gasteiger partial charge is 0.0999 e. The summed E-state index contributed by atoms with van der Waals surface area (Å²) in [5.41, 5.74) is 0.553. The van der Waals surface area contributed by atoms with Crippen LogP contribution in [0, 0.1) is 35.0 Å². The number of fused-ring (bicyclic) bond motifs is 1. The highest BCUT2D eigenvalue weighted by Crippen LogP contribution is 2.61. The van der Waals surface area contributed by atoms with E-state index in [-0.39, 0.29) is 0 Å². The minimum absolute atomic E-state index is 0.553. The van der Waals surface area contributed by atoms with Gasteiger partial charge in [0.05, 0.1) is 0 Å². The van der Waals surface area contributed by atoms with E-state index in [1.807, 2.05) is 0 Å². The molecule has 3 atom stereocenters. The molecule has 0 nitrogen and oxygen atoms in total. The molecule has 54 valence electrons. The summed E-state index contributed by atoms with van der Waals surface area (Å²) in [6.07, 6.45) is 1.34. The van der Waals surface area contributed by atoms with Crippen LogP contribution >= 0.6 is 0 Å². The smallest absolute Gasteiger partial charge is 0.0291 e. The van der Waals surface area contributed by atoms with Crippen LogP contribution in [-0.4, -0.2) is 0 Å². The van der Waals surface area contributed by atoms with E-state index in [1.54, 1.807) is 0 Å². The van der Waals surface area contributed by atoms with Crippen molar-refractivity contribution in [1.29, 1.82) is 0 Å². The van der Waals surface area contributed by atoms with Gasteiger partial charge in [0.1, 0.15) is 0 Å². The number of rotatable bonds is 0. The molecule has 2 aliphatic carbocycles. The third-order valence-corrected chi connectivity index (χ3v) is 3.14. The third kappa shape index (κ3) is 0.639. The SMILES string of the molecule is CC1C#CC2C(C1)C2(C)C. The molecule has 0 bridgehead atoms. The quantitative estimate of drug-likeness (QED) is 0.446. The van der Waals surface area contributed by atoms with Crippen LogP contribution in [0.2, 0.25) is 0 Å². The van der Waals surface area contributed by atoms with Gasteiger partial charge in [-0.15, -0.1) is 0 Å². The summed E-state index contributed by atoms with van der Waals surface area (Å²) in [7, 11) is 0. The van der Waals surface area contributed by atoms with Gasteiger partial charge in [-0.1, -0.05) is 32.6 Å². The average Bonchev–Trinajstić information content (AvgIpc) is 2.36. The van der Waals surface area contributed by atoms with Crippen LogP contribution in [0.5, 0.6) is 0 Å². The maximum Gasteiger partial charge on any atom is 0.0291 e. The summed E-state index contributed by atoms with van der Waals surface area (Å²) < 4.78 is 0. The van der Waals surface area contributed by atoms with Gasteiger partial charge in [0.2, 0.25) is 0 Å². The monoisotopic (exact) mass is 134 g/mol. The molecule has 3 unspecified atom stereocenters. The molecule has 0 aromatic rings. The molecular formula is C10H14. The fraction of sp³-hybridized carbons (Fsp3) is 0.800. The van der Waals surface area contributed by atoms with E-state index in [1.165, 1.54) is 6.42 Å². The Bertz CT molecular complexity index is 214. The molecule has 0 aliphatic heterocycles. The van der Waals surface area contributed by atoms with Gasteiger partial charge < -0.3 is 0 Å². The minimum atomic E-state index is 0.553. The van der Waals surface area contributed by atoms with Gasteiger partial charge >= 0.3 is 0 Å². The van der Waals surface area contributed by atoms with Crippen molar-refractivity contribution in [3.05, 3.63) is 0 Å². The highest BCUT2D eigenvalue weighted by molar-refractivity contribution is 5.26. The zero-order valence-electron chi connectivity index (χ0n) is 6.94. The predicted octanol–water partition coefficient (Wildman–Crippen LogP) is 2.30. The molecular weight excluding hydrogens is 120 g/mol. The van der Waals surface area contributed by atoms with E-state index >= 15 is 0 Å². The van der Waals surface area contributed by atoms with E-state index < -0.39 is 0 Å². The standard InChI is InChI=1S/C10H14/c1-7-4-5-8-9(6-7)10(8,2)3/h7-9H,6H2,1-3H3. The van der Waals surface area contributed by atoms with Crippen molar-refractivity contribution in [2.24, 2.45) is 23.2 Å². The van der Waals surface area contributed by atoms with Crippen molar-refractivity contribution in [2.45, 2.75) is 27.2 Å². The molecule has 0 amide bonds. The van der Waals surface area contributed by atoms with Crippen molar-refractivity contribution in [3.8, 4) is 11.8 Å². The lowest BCUT2D eigenvalue weighted by molar-refractivity contribution is 0.494. The van der Waals surface area contributed by atoms with Crippen LogP contribution < -0.4 is 0 Å². The van der Waals surface area contributed by atoms with Crippen LogP contribution in [0.1, 0.15) is 27.2 Å². The Balaban J connectivity index is 2.20. The lowest BCUT2D eigenvalue weighted by Gasteiger charge is -2.05. The number of hydrogen-bond acceptors (Lipinski definition) is 0. The van der Waals surface area contributed by atoms with Crippen molar-refractivity contribution in [2.75, 3.05) is 0 Å². The summed E-state index contributed by atoms with van der Waals surface area (Å²) in [5.74, 6) is 8.94. The van der Waals surface area contributed by atoms with Crippen molar-refractivity contribution < 1.29 is 0 Å². The maximum atomic E-state index is 3.35. The van der Waals surface area contributed by atoms with Crippen molar-refractivity contribution in [1.82, 2.24) is 0 Å². The van der Waals surface area contributed by atoms with Gasteiger partial charge in [-0.2, -0.15) is 0 Å². The Morgan fingerprint density at radius 1 is 1.30 bits per heavy atom.